The van der Waals surface area contributed by atoms with E-state index in [1.807, 2.05) is 46.2 Å². The van der Waals surface area contributed by atoms with Gasteiger partial charge in [-0.2, -0.15) is 10.5 Å². The highest BCUT2D eigenvalue weighted by atomic mass is 16.2. The molecule has 0 aromatic heterocycles. The fourth-order valence-corrected chi connectivity index (χ4v) is 4.49. The molecule has 0 heterocycles. The van der Waals surface area contributed by atoms with Gasteiger partial charge >= 0.3 is 0 Å². The Labute approximate surface area is 228 Å². The molecule has 38 heavy (non-hydrogen) atoms. The number of benzene rings is 2. The van der Waals surface area contributed by atoms with Crippen molar-refractivity contribution in [3.05, 3.63) is 71.8 Å². The van der Waals surface area contributed by atoms with Gasteiger partial charge in [0.15, 0.2) is 0 Å². The summed E-state index contributed by atoms with van der Waals surface area (Å²) < 4.78 is 0. The Kier molecular flexibility index (Phi) is 15.7. The molecular weight excluding hydrogens is 472 g/mol. The predicted octanol–water partition coefficient (Wildman–Crippen LogP) is 6.08. The molecule has 2 aromatic carbocycles. The van der Waals surface area contributed by atoms with Crippen LogP contribution >= 0.6 is 0 Å². The minimum atomic E-state index is 0.134. The van der Waals surface area contributed by atoms with Crippen LogP contribution in [0.25, 0.3) is 0 Å². The van der Waals surface area contributed by atoms with Gasteiger partial charge < -0.3 is 9.80 Å². The zero-order valence-corrected chi connectivity index (χ0v) is 22.7. The average molecular weight is 515 g/mol. The van der Waals surface area contributed by atoms with Gasteiger partial charge in [-0.15, -0.1) is 0 Å². The lowest BCUT2D eigenvalue weighted by atomic mass is 10.1. The van der Waals surface area contributed by atoms with Gasteiger partial charge in [0, 0.05) is 39.0 Å². The van der Waals surface area contributed by atoms with E-state index in [0.29, 0.717) is 51.9 Å². The quantitative estimate of drug-likeness (QED) is 0.213. The van der Waals surface area contributed by atoms with Crippen LogP contribution < -0.4 is 0 Å². The third kappa shape index (κ3) is 13.1. The maximum absolute atomic E-state index is 12.7. The number of nitrogens with zero attached hydrogens (tertiary/aromatic N) is 4. The summed E-state index contributed by atoms with van der Waals surface area (Å²) in [5, 5.41) is 17.9. The SMILES string of the molecule is N#CCCN(CCc1ccccc1)C(=O)CCCCCCCCC(=O)N(CCC#N)CCc1ccccc1. The number of unbranched alkanes of at least 4 members (excludes halogenated alkanes) is 5. The first kappa shape index (κ1) is 30.6. The van der Waals surface area contributed by atoms with E-state index in [4.69, 9.17) is 10.5 Å². The molecule has 0 aliphatic heterocycles. The number of amides is 2. The summed E-state index contributed by atoms with van der Waals surface area (Å²) in [5.74, 6) is 0.268. The summed E-state index contributed by atoms with van der Waals surface area (Å²) in [6, 6.07) is 24.5. The largest absolute Gasteiger partial charge is 0.341 e. The van der Waals surface area contributed by atoms with E-state index in [-0.39, 0.29) is 11.8 Å². The van der Waals surface area contributed by atoms with Crippen molar-refractivity contribution in [3.63, 3.8) is 0 Å². The van der Waals surface area contributed by atoms with E-state index in [2.05, 4.69) is 36.4 Å². The molecule has 0 bridgehead atoms. The Bertz CT molecular complexity index is 928. The van der Waals surface area contributed by atoms with Crippen LogP contribution in [0.1, 0.15) is 75.3 Å². The van der Waals surface area contributed by atoms with Crippen LogP contribution in [-0.4, -0.2) is 47.8 Å². The van der Waals surface area contributed by atoms with E-state index < -0.39 is 0 Å². The number of carbonyl (C=O) groups excluding carboxylic acids is 2. The lowest BCUT2D eigenvalue weighted by Gasteiger charge is -2.22. The average Bonchev–Trinajstić information content (AvgIpc) is 2.95. The van der Waals surface area contributed by atoms with E-state index in [9.17, 15) is 9.59 Å². The molecule has 0 N–H and O–H groups in total. The van der Waals surface area contributed by atoms with Crippen LogP contribution in [0.5, 0.6) is 0 Å². The lowest BCUT2D eigenvalue weighted by Crippen LogP contribution is -2.33. The molecule has 0 saturated carbocycles. The Hall–Kier alpha value is -3.64. The first-order chi connectivity index (χ1) is 18.6. The van der Waals surface area contributed by atoms with Gasteiger partial charge in [0.05, 0.1) is 25.0 Å². The van der Waals surface area contributed by atoms with Crippen molar-refractivity contribution in [1.82, 2.24) is 9.80 Å². The maximum atomic E-state index is 12.7. The van der Waals surface area contributed by atoms with Crippen molar-refractivity contribution < 1.29 is 9.59 Å². The van der Waals surface area contributed by atoms with E-state index in [1.165, 1.54) is 11.1 Å². The molecule has 6 heteroatoms. The van der Waals surface area contributed by atoms with Gasteiger partial charge in [-0.1, -0.05) is 86.3 Å². The summed E-state index contributed by atoms with van der Waals surface area (Å²) in [6.07, 6.45) is 9.17. The topological polar surface area (TPSA) is 88.2 Å². The lowest BCUT2D eigenvalue weighted by molar-refractivity contribution is -0.132. The molecule has 0 radical (unpaired) electrons. The molecule has 0 spiro atoms. The summed E-state index contributed by atoms with van der Waals surface area (Å²) in [6.45, 7) is 2.28. The van der Waals surface area contributed by atoms with Gasteiger partial charge in [-0.3, -0.25) is 9.59 Å². The zero-order chi connectivity index (χ0) is 27.3. The first-order valence-electron chi connectivity index (χ1n) is 14.0. The van der Waals surface area contributed by atoms with Gasteiger partial charge in [0.25, 0.3) is 0 Å². The van der Waals surface area contributed by atoms with Gasteiger partial charge in [-0.25, -0.2) is 0 Å². The molecule has 202 valence electrons. The number of carbonyl (C=O) groups is 2. The molecule has 0 fully saturated rings. The molecule has 2 amide bonds. The van der Waals surface area contributed by atoms with Crippen molar-refractivity contribution in [2.45, 2.75) is 77.0 Å². The molecular formula is C32H42N4O2. The summed E-state index contributed by atoms with van der Waals surface area (Å²) in [4.78, 5) is 29.1. The van der Waals surface area contributed by atoms with Crippen LogP contribution in [0.2, 0.25) is 0 Å². The van der Waals surface area contributed by atoms with Crippen molar-refractivity contribution in [2.24, 2.45) is 0 Å². The molecule has 0 saturated heterocycles. The molecule has 0 atom stereocenters. The predicted molar refractivity (Wildman–Crippen MR) is 151 cm³/mol. The molecule has 0 aliphatic carbocycles. The fourth-order valence-electron chi connectivity index (χ4n) is 4.49. The summed E-state index contributed by atoms with van der Waals surface area (Å²) in [7, 11) is 0. The smallest absolute Gasteiger partial charge is 0.222 e. The first-order valence-corrected chi connectivity index (χ1v) is 14.0. The highest BCUT2D eigenvalue weighted by molar-refractivity contribution is 5.76. The Morgan fingerprint density at radius 3 is 1.29 bits per heavy atom. The molecule has 0 aliphatic rings. The van der Waals surface area contributed by atoms with Crippen LogP contribution in [-0.2, 0) is 22.4 Å². The highest BCUT2D eigenvalue weighted by Crippen LogP contribution is 2.12. The standard InChI is InChI=1S/C32H42N4O2/c33-23-13-25-35(27-21-29-15-7-5-8-16-29)31(37)19-11-3-1-2-4-12-20-32(38)36(26-14-24-34)28-22-30-17-9-6-10-18-30/h5-10,15-18H,1-4,11-14,19-22,25-28H2. The molecule has 6 nitrogen and oxygen atoms in total. The third-order valence-electron chi connectivity index (χ3n) is 6.75. The van der Waals surface area contributed by atoms with E-state index in [0.717, 1.165) is 51.4 Å². The Morgan fingerprint density at radius 1 is 0.553 bits per heavy atom. The molecule has 2 rings (SSSR count). The maximum Gasteiger partial charge on any atom is 0.222 e. The fraction of sp³-hybridized carbons (Fsp3) is 0.500. The molecule has 0 unspecified atom stereocenters. The van der Waals surface area contributed by atoms with Crippen LogP contribution in [0.3, 0.4) is 0 Å². The van der Waals surface area contributed by atoms with Crippen molar-refractivity contribution >= 4 is 11.8 Å². The number of hydrogen-bond acceptors (Lipinski definition) is 4. The second-order valence-corrected chi connectivity index (χ2v) is 9.67. The van der Waals surface area contributed by atoms with Crippen molar-refractivity contribution in [3.8, 4) is 12.1 Å². The summed E-state index contributed by atoms with van der Waals surface area (Å²) >= 11 is 0. The van der Waals surface area contributed by atoms with E-state index >= 15 is 0 Å². The minimum absolute atomic E-state index is 0.134. The van der Waals surface area contributed by atoms with Crippen molar-refractivity contribution in [1.29, 1.82) is 10.5 Å². The monoisotopic (exact) mass is 514 g/mol. The van der Waals surface area contributed by atoms with E-state index in [1.54, 1.807) is 0 Å². The number of rotatable bonds is 19. The van der Waals surface area contributed by atoms with Crippen LogP contribution in [0.4, 0.5) is 0 Å². The van der Waals surface area contributed by atoms with Gasteiger partial charge in [0.1, 0.15) is 0 Å². The van der Waals surface area contributed by atoms with Crippen LogP contribution in [0, 0.1) is 22.7 Å². The minimum Gasteiger partial charge on any atom is -0.341 e. The Morgan fingerprint density at radius 2 is 0.921 bits per heavy atom. The zero-order valence-electron chi connectivity index (χ0n) is 22.7. The van der Waals surface area contributed by atoms with Gasteiger partial charge in [-0.05, 0) is 36.8 Å². The normalized spacial score (nSPS) is 10.4. The number of nitriles is 2. The van der Waals surface area contributed by atoms with Gasteiger partial charge in [0.2, 0.25) is 11.8 Å². The summed E-state index contributed by atoms with van der Waals surface area (Å²) in [5.41, 5.74) is 2.40. The van der Waals surface area contributed by atoms with Crippen LogP contribution in [0.15, 0.2) is 60.7 Å². The molecule has 2 aromatic rings. The Balaban J connectivity index is 1.60. The second kappa shape index (κ2) is 19.5. The third-order valence-corrected chi connectivity index (χ3v) is 6.75. The number of hydrogen-bond donors (Lipinski definition) is 0. The van der Waals surface area contributed by atoms with Crippen molar-refractivity contribution in [2.75, 3.05) is 26.2 Å². The second-order valence-electron chi connectivity index (χ2n) is 9.67. The highest BCUT2D eigenvalue weighted by Gasteiger charge is 2.14.